The van der Waals surface area contributed by atoms with Crippen LogP contribution in [0.25, 0.3) is 10.8 Å². The second kappa shape index (κ2) is 4.59. The van der Waals surface area contributed by atoms with E-state index in [2.05, 4.69) is 0 Å². The lowest BCUT2D eigenvalue weighted by Crippen LogP contribution is -2.23. The first-order valence-corrected chi connectivity index (χ1v) is 7.49. The molecule has 2 nitrogen and oxygen atoms in total. The van der Waals surface area contributed by atoms with Gasteiger partial charge in [0, 0.05) is 16.1 Å². The number of hydrogen-bond acceptors (Lipinski definition) is 2. The Morgan fingerprint density at radius 3 is 2.59 bits per heavy atom. The van der Waals surface area contributed by atoms with Crippen LogP contribution in [0.5, 0.6) is 0 Å². The van der Waals surface area contributed by atoms with Crippen molar-refractivity contribution < 1.29 is 9.53 Å². The standard InChI is InChI=1S/C19H13ClO2/c1-19(16-7-3-2-6-14(16)18(21)22-19)17-8-4-5-12-9-10-13(20)11-15(12)17/h2-11H,1H3. The smallest absolute Gasteiger partial charge is 0.339 e. The first-order valence-electron chi connectivity index (χ1n) is 7.11. The van der Waals surface area contributed by atoms with Crippen LogP contribution in [0.2, 0.25) is 5.02 Å². The summed E-state index contributed by atoms with van der Waals surface area (Å²) < 4.78 is 5.77. The summed E-state index contributed by atoms with van der Waals surface area (Å²) in [6.45, 7) is 1.94. The highest BCUT2D eigenvalue weighted by Crippen LogP contribution is 2.44. The first-order chi connectivity index (χ1) is 10.6. The molecule has 1 aliphatic rings. The molecule has 0 amide bonds. The van der Waals surface area contributed by atoms with Crippen LogP contribution < -0.4 is 0 Å². The van der Waals surface area contributed by atoms with E-state index in [1.165, 1.54) is 0 Å². The predicted octanol–water partition coefficient (Wildman–Crippen LogP) is 4.93. The molecule has 0 radical (unpaired) electrons. The van der Waals surface area contributed by atoms with Crippen LogP contribution in [0.15, 0.2) is 60.7 Å². The molecule has 0 bridgehead atoms. The number of esters is 1. The van der Waals surface area contributed by atoms with Gasteiger partial charge in [-0.3, -0.25) is 0 Å². The van der Waals surface area contributed by atoms with Gasteiger partial charge in [0.25, 0.3) is 0 Å². The van der Waals surface area contributed by atoms with Crippen LogP contribution in [0.1, 0.15) is 28.4 Å². The van der Waals surface area contributed by atoms with Gasteiger partial charge in [-0.05, 0) is 35.9 Å². The zero-order chi connectivity index (χ0) is 15.3. The van der Waals surface area contributed by atoms with Crippen molar-refractivity contribution in [1.82, 2.24) is 0 Å². The van der Waals surface area contributed by atoms with Crippen molar-refractivity contribution in [1.29, 1.82) is 0 Å². The molecule has 0 saturated heterocycles. The maximum absolute atomic E-state index is 12.2. The Labute approximate surface area is 133 Å². The Kier molecular flexibility index (Phi) is 2.78. The normalized spacial score (nSPS) is 20.0. The predicted molar refractivity (Wildman–Crippen MR) is 87.3 cm³/mol. The molecule has 3 heteroatoms. The molecule has 0 fully saturated rings. The Morgan fingerprint density at radius 1 is 0.955 bits per heavy atom. The lowest BCUT2D eigenvalue weighted by Gasteiger charge is -2.26. The zero-order valence-electron chi connectivity index (χ0n) is 12.0. The lowest BCUT2D eigenvalue weighted by atomic mass is 9.84. The summed E-state index contributed by atoms with van der Waals surface area (Å²) >= 11 is 6.16. The third-order valence-corrected chi connectivity index (χ3v) is 4.55. The maximum Gasteiger partial charge on any atom is 0.339 e. The highest BCUT2D eigenvalue weighted by Gasteiger charge is 2.43. The van der Waals surface area contributed by atoms with Crippen molar-refractivity contribution in [2.45, 2.75) is 12.5 Å². The Morgan fingerprint density at radius 2 is 1.73 bits per heavy atom. The molecule has 1 atom stereocenters. The van der Waals surface area contributed by atoms with E-state index >= 15 is 0 Å². The van der Waals surface area contributed by atoms with Crippen molar-refractivity contribution in [2.75, 3.05) is 0 Å². The van der Waals surface area contributed by atoms with Gasteiger partial charge in [0.15, 0.2) is 5.60 Å². The van der Waals surface area contributed by atoms with Crippen LogP contribution in [-0.2, 0) is 10.3 Å². The summed E-state index contributed by atoms with van der Waals surface area (Å²) in [6.07, 6.45) is 0. The van der Waals surface area contributed by atoms with Gasteiger partial charge < -0.3 is 4.74 Å². The van der Waals surface area contributed by atoms with Gasteiger partial charge in [-0.25, -0.2) is 4.79 Å². The van der Waals surface area contributed by atoms with Crippen LogP contribution in [-0.4, -0.2) is 5.97 Å². The van der Waals surface area contributed by atoms with E-state index in [0.717, 1.165) is 21.9 Å². The Hall–Kier alpha value is -2.32. The van der Waals surface area contributed by atoms with E-state index < -0.39 is 5.60 Å². The number of ether oxygens (including phenoxy) is 1. The monoisotopic (exact) mass is 308 g/mol. The number of benzene rings is 3. The number of hydrogen-bond donors (Lipinski definition) is 0. The molecule has 1 unspecified atom stereocenters. The summed E-state index contributed by atoms with van der Waals surface area (Å²) in [5, 5.41) is 2.74. The van der Waals surface area contributed by atoms with Crippen LogP contribution in [0.3, 0.4) is 0 Å². The lowest BCUT2D eigenvalue weighted by molar-refractivity contribution is 0.0185. The van der Waals surface area contributed by atoms with Crippen molar-refractivity contribution in [3.05, 3.63) is 82.4 Å². The molecular formula is C19H13ClO2. The van der Waals surface area contributed by atoms with E-state index in [-0.39, 0.29) is 5.97 Å². The van der Waals surface area contributed by atoms with Crippen molar-refractivity contribution in [3.63, 3.8) is 0 Å². The van der Waals surface area contributed by atoms with E-state index in [4.69, 9.17) is 16.3 Å². The summed E-state index contributed by atoms with van der Waals surface area (Å²) in [5.74, 6) is -0.280. The third-order valence-electron chi connectivity index (χ3n) is 4.32. The molecule has 3 aromatic carbocycles. The van der Waals surface area contributed by atoms with E-state index in [1.807, 2.05) is 61.5 Å². The summed E-state index contributed by atoms with van der Waals surface area (Å²) in [4.78, 5) is 12.2. The first kappa shape index (κ1) is 13.4. The average Bonchev–Trinajstić information content (AvgIpc) is 2.79. The second-order valence-corrected chi connectivity index (χ2v) is 6.08. The molecule has 0 aliphatic carbocycles. The molecule has 22 heavy (non-hydrogen) atoms. The number of fused-ring (bicyclic) bond motifs is 2. The van der Waals surface area contributed by atoms with Gasteiger partial charge in [0.1, 0.15) is 0 Å². The molecular weight excluding hydrogens is 296 g/mol. The van der Waals surface area contributed by atoms with Gasteiger partial charge in [0.05, 0.1) is 5.56 Å². The molecule has 3 aromatic rings. The largest absolute Gasteiger partial charge is 0.446 e. The summed E-state index contributed by atoms with van der Waals surface area (Å²) in [6, 6.07) is 19.3. The van der Waals surface area contributed by atoms with Gasteiger partial charge in [-0.1, -0.05) is 54.1 Å². The van der Waals surface area contributed by atoms with Gasteiger partial charge >= 0.3 is 5.97 Å². The minimum Gasteiger partial charge on any atom is -0.446 e. The van der Waals surface area contributed by atoms with Crippen LogP contribution in [0, 0.1) is 0 Å². The molecule has 4 rings (SSSR count). The molecule has 1 heterocycles. The Balaban J connectivity index is 2.04. The van der Waals surface area contributed by atoms with E-state index in [9.17, 15) is 4.79 Å². The number of carbonyl (C=O) groups excluding carboxylic acids is 1. The molecule has 0 spiro atoms. The fraction of sp³-hybridized carbons (Fsp3) is 0.105. The number of carbonyl (C=O) groups is 1. The fourth-order valence-electron chi connectivity index (χ4n) is 3.23. The topological polar surface area (TPSA) is 26.3 Å². The highest BCUT2D eigenvalue weighted by atomic mass is 35.5. The second-order valence-electron chi connectivity index (χ2n) is 5.64. The average molecular weight is 309 g/mol. The van der Waals surface area contributed by atoms with Gasteiger partial charge in [-0.15, -0.1) is 0 Å². The van der Waals surface area contributed by atoms with Crippen LogP contribution in [0.4, 0.5) is 0 Å². The molecule has 0 N–H and O–H groups in total. The number of halogens is 1. The fourth-order valence-corrected chi connectivity index (χ4v) is 3.41. The summed E-state index contributed by atoms with van der Waals surface area (Å²) in [7, 11) is 0. The Bertz CT molecular complexity index is 916. The maximum atomic E-state index is 12.2. The number of cyclic esters (lactones) is 1. The number of rotatable bonds is 1. The van der Waals surface area contributed by atoms with Crippen molar-refractivity contribution >= 4 is 28.3 Å². The third kappa shape index (κ3) is 1.77. The van der Waals surface area contributed by atoms with Crippen molar-refractivity contribution in [3.8, 4) is 0 Å². The van der Waals surface area contributed by atoms with Gasteiger partial charge in [0.2, 0.25) is 0 Å². The molecule has 0 saturated carbocycles. The SMILES string of the molecule is CC1(c2cccc3ccc(Cl)cc23)OC(=O)c2ccccc21. The van der Waals surface area contributed by atoms with E-state index in [0.29, 0.717) is 10.6 Å². The molecule has 1 aliphatic heterocycles. The van der Waals surface area contributed by atoms with Gasteiger partial charge in [-0.2, -0.15) is 0 Å². The zero-order valence-corrected chi connectivity index (χ0v) is 12.7. The van der Waals surface area contributed by atoms with Crippen LogP contribution >= 0.6 is 11.6 Å². The van der Waals surface area contributed by atoms with E-state index in [1.54, 1.807) is 6.07 Å². The highest BCUT2D eigenvalue weighted by molar-refractivity contribution is 6.31. The summed E-state index contributed by atoms with van der Waals surface area (Å²) in [5.41, 5.74) is 1.68. The molecule has 108 valence electrons. The van der Waals surface area contributed by atoms with Crippen molar-refractivity contribution in [2.24, 2.45) is 0 Å². The minimum atomic E-state index is -0.794. The molecule has 0 aromatic heterocycles. The minimum absolute atomic E-state index is 0.280. The quantitative estimate of drug-likeness (QED) is 0.596.